The first-order chi connectivity index (χ1) is 9.55. The van der Waals surface area contributed by atoms with Gasteiger partial charge in [0.2, 0.25) is 15.9 Å². The highest BCUT2D eigenvalue weighted by Crippen LogP contribution is 2.09. The van der Waals surface area contributed by atoms with Crippen molar-refractivity contribution in [1.82, 2.24) is 0 Å². The minimum absolute atomic E-state index is 0.431. The summed E-state index contributed by atoms with van der Waals surface area (Å²) in [4.78, 5) is 11.7. The topological polar surface area (TPSA) is 75.3 Å². The van der Waals surface area contributed by atoms with Crippen LogP contribution in [0.3, 0.4) is 0 Å². The fourth-order valence-electron chi connectivity index (χ4n) is 1.61. The molecule has 1 amide bonds. The molecule has 0 aliphatic carbocycles. The monoisotopic (exact) mass is 290 g/mol. The first-order valence-corrected chi connectivity index (χ1v) is 7.61. The van der Waals surface area contributed by atoms with Crippen LogP contribution in [-0.2, 0) is 14.8 Å². The Bertz CT molecular complexity index is 670. The van der Waals surface area contributed by atoms with E-state index in [0.717, 1.165) is 0 Å². The van der Waals surface area contributed by atoms with Gasteiger partial charge in [0.15, 0.2) is 0 Å². The van der Waals surface area contributed by atoms with E-state index < -0.39 is 21.7 Å². The molecule has 20 heavy (non-hydrogen) atoms. The van der Waals surface area contributed by atoms with Gasteiger partial charge in [0, 0.05) is 11.4 Å². The van der Waals surface area contributed by atoms with Crippen LogP contribution in [0.25, 0.3) is 0 Å². The van der Waals surface area contributed by atoms with E-state index in [1.165, 1.54) is 0 Å². The highest BCUT2D eigenvalue weighted by molar-refractivity contribution is 7.93. The Kier molecular flexibility index (Phi) is 4.37. The summed E-state index contributed by atoms with van der Waals surface area (Å²) in [6.07, 6.45) is 0. The highest BCUT2D eigenvalue weighted by Gasteiger charge is 2.16. The molecule has 0 radical (unpaired) electrons. The van der Waals surface area contributed by atoms with Crippen molar-refractivity contribution in [2.45, 2.75) is 0 Å². The molecule has 0 bridgehead atoms. The number of hydrogen-bond donors (Lipinski definition) is 2. The third kappa shape index (κ3) is 4.40. The van der Waals surface area contributed by atoms with E-state index in [1.807, 2.05) is 6.07 Å². The van der Waals surface area contributed by atoms with Gasteiger partial charge >= 0.3 is 0 Å². The number of anilines is 2. The SMILES string of the molecule is O=C(CS(=O)(=O)Nc1ccccc1)Nc1ccccc1. The lowest BCUT2D eigenvalue weighted by Gasteiger charge is -2.08. The van der Waals surface area contributed by atoms with Gasteiger partial charge in [-0.25, -0.2) is 8.42 Å². The number of nitrogens with one attached hydrogen (secondary N) is 2. The summed E-state index contributed by atoms with van der Waals surface area (Å²) in [6, 6.07) is 17.1. The number of carbonyl (C=O) groups excluding carboxylic acids is 1. The Labute approximate surface area is 117 Å². The second-order valence-corrected chi connectivity index (χ2v) is 5.86. The summed E-state index contributed by atoms with van der Waals surface area (Å²) in [5.41, 5.74) is 0.993. The quantitative estimate of drug-likeness (QED) is 0.885. The summed E-state index contributed by atoms with van der Waals surface area (Å²) in [5, 5.41) is 2.53. The predicted octanol–water partition coefficient (Wildman–Crippen LogP) is 2.07. The first-order valence-electron chi connectivity index (χ1n) is 5.96. The van der Waals surface area contributed by atoms with Gasteiger partial charge in [-0.05, 0) is 24.3 Å². The average Bonchev–Trinajstić information content (AvgIpc) is 2.39. The van der Waals surface area contributed by atoms with Crippen LogP contribution in [0.4, 0.5) is 11.4 Å². The van der Waals surface area contributed by atoms with Gasteiger partial charge in [-0.1, -0.05) is 36.4 Å². The third-order valence-corrected chi connectivity index (χ3v) is 3.61. The molecule has 6 heteroatoms. The Hall–Kier alpha value is -2.34. The van der Waals surface area contributed by atoms with Crippen molar-refractivity contribution in [1.29, 1.82) is 0 Å². The normalized spacial score (nSPS) is 10.8. The zero-order valence-electron chi connectivity index (χ0n) is 10.6. The van der Waals surface area contributed by atoms with Crippen molar-refractivity contribution < 1.29 is 13.2 Å². The van der Waals surface area contributed by atoms with Crippen LogP contribution in [0.2, 0.25) is 0 Å². The molecule has 0 aliphatic heterocycles. The fraction of sp³-hybridized carbons (Fsp3) is 0.0714. The lowest BCUT2D eigenvalue weighted by Crippen LogP contribution is -2.27. The molecule has 0 unspecified atom stereocenters. The zero-order valence-corrected chi connectivity index (χ0v) is 11.4. The molecule has 0 fully saturated rings. The molecule has 5 nitrogen and oxygen atoms in total. The minimum Gasteiger partial charge on any atom is -0.325 e. The van der Waals surface area contributed by atoms with Crippen molar-refractivity contribution in [3.8, 4) is 0 Å². The number of hydrogen-bond acceptors (Lipinski definition) is 3. The molecular formula is C14H14N2O3S. The van der Waals surface area contributed by atoms with Crippen LogP contribution in [-0.4, -0.2) is 20.1 Å². The van der Waals surface area contributed by atoms with Crippen molar-refractivity contribution >= 4 is 27.3 Å². The first kappa shape index (κ1) is 14.1. The van der Waals surface area contributed by atoms with Crippen LogP contribution in [0, 0.1) is 0 Å². The molecule has 2 rings (SSSR count). The molecule has 0 saturated carbocycles. The van der Waals surface area contributed by atoms with E-state index in [1.54, 1.807) is 54.6 Å². The lowest BCUT2D eigenvalue weighted by molar-refractivity contribution is -0.113. The predicted molar refractivity (Wildman–Crippen MR) is 78.9 cm³/mol. The summed E-state index contributed by atoms with van der Waals surface area (Å²) >= 11 is 0. The van der Waals surface area contributed by atoms with Crippen LogP contribution in [0.1, 0.15) is 0 Å². The number of carbonyl (C=O) groups is 1. The maximum absolute atomic E-state index is 11.8. The Morgan fingerprint density at radius 3 is 1.90 bits per heavy atom. The second kappa shape index (κ2) is 6.21. The molecule has 2 N–H and O–H groups in total. The fourth-order valence-corrected chi connectivity index (χ4v) is 2.60. The van der Waals surface area contributed by atoms with Gasteiger partial charge in [0.1, 0.15) is 5.75 Å². The molecule has 0 spiro atoms. The Balaban J connectivity index is 1.96. The number of benzene rings is 2. The number of amides is 1. The van der Waals surface area contributed by atoms with E-state index in [0.29, 0.717) is 11.4 Å². The van der Waals surface area contributed by atoms with Crippen LogP contribution >= 0.6 is 0 Å². The molecule has 0 heterocycles. The molecule has 0 aliphatic rings. The molecule has 2 aromatic rings. The summed E-state index contributed by atoms with van der Waals surface area (Å²) in [7, 11) is -3.72. The smallest absolute Gasteiger partial charge is 0.241 e. The third-order valence-electron chi connectivity index (χ3n) is 2.43. The maximum Gasteiger partial charge on any atom is 0.241 e. The standard InChI is InChI=1S/C14H14N2O3S/c17-14(15-12-7-3-1-4-8-12)11-20(18,19)16-13-9-5-2-6-10-13/h1-10,16H,11H2,(H,15,17). The van der Waals surface area contributed by atoms with E-state index in [9.17, 15) is 13.2 Å². The summed E-state index contributed by atoms with van der Waals surface area (Å²) < 4.78 is 26.0. The number of para-hydroxylation sites is 2. The van der Waals surface area contributed by atoms with Gasteiger partial charge in [-0.15, -0.1) is 0 Å². The molecule has 0 atom stereocenters. The van der Waals surface area contributed by atoms with Crippen molar-refractivity contribution in [2.75, 3.05) is 15.8 Å². The molecule has 104 valence electrons. The highest BCUT2D eigenvalue weighted by atomic mass is 32.2. The Morgan fingerprint density at radius 1 is 0.850 bits per heavy atom. The van der Waals surface area contributed by atoms with Crippen LogP contribution in [0.5, 0.6) is 0 Å². The molecule has 2 aromatic carbocycles. The van der Waals surface area contributed by atoms with Gasteiger partial charge in [0.05, 0.1) is 0 Å². The lowest BCUT2D eigenvalue weighted by atomic mass is 10.3. The van der Waals surface area contributed by atoms with Gasteiger partial charge in [-0.2, -0.15) is 0 Å². The largest absolute Gasteiger partial charge is 0.325 e. The van der Waals surface area contributed by atoms with Crippen molar-refractivity contribution in [3.05, 3.63) is 60.7 Å². The van der Waals surface area contributed by atoms with E-state index in [4.69, 9.17) is 0 Å². The number of sulfonamides is 1. The minimum atomic E-state index is -3.72. The van der Waals surface area contributed by atoms with Crippen molar-refractivity contribution in [3.63, 3.8) is 0 Å². The van der Waals surface area contributed by atoms with Gasteiger partial charge < -0.3 is 5.32 Å². The maximum atomic E-state index is 11.8. The summed E-state index contributed by atoms with van der Waals surface area (Å²) in [5.74, 6) is -1.21. The van der Waals surface area contributed by atoms with E-state index >= 15 is 0 Å². The second-order valence-electron chi connectivity index (χ2n) is 4.14. The van der Waals surface area contributed by atoms with Crippen LogP contribution < -0.4 is 10.0 Å². The van der Waals surface area contributed by atoms with Crippen LogP contribution in [0.15, 0.2) is 60.7 Å². The molecular weight excluding hydrogens is 276 g/mol. The van der Waals surface area contributed by atoms with Gasteiger partial charge in [-0.3, -0.25) is 9.52 Å². The summed E-state index contributed by atoms with van der Waals surface area (Å²) in [6.45, 7) is 0. The van der Waals surface area contributed by atoms with Crippen molar-refractivity contribution in [2.24, 2.45) is 0 Å². The number of rotatable bonds is 5. The average molecular weight is 290 g/mol. The zero-order chi connectivity index (χ0) is 14.4. The van der Waals surface area contributed by atoms with Gasteiger partial charge in [0.25, 0.3) is 0 Å². The molecule has 0 saturated heterocycles. The molecule has 0 aromatic heterocycles. The van der Waals surface area contributed by atoms with E-state index in [-0.39, 0.29) is 0 Å². The Morgan fingerprint density at radius 2 is 1.35 bits per heavy atom. The van der Waals surface area contributed by atoms with E-state index in [2.05, 4.69) is 10.0 Å².